The Morgan fingerprint density at radius 2 is 1.77 bits per heavy atom. The molecule has 1 saturated carbocycles. The van der Waals surface area contributed by atoms with Gasteiger partial charge in [0.2, 0.25) is 5.91 Å². The first-order valence-electron chi connectivity index (χ1n) is 15.3. The van der Waals surface area contributed by atoms with E-state index < -0.39 is 23.4 Å². The molecule has 2 aromatic carbocycles. The van der Waals surface area contributed by atoms with E-state index in [1.807, 2.05) is 12.1 Å². The lowest BCUT2D eigenvalue weighted by molar-refractivity contribution is -0.139. The molecule has 10 heteroatoms. The second kappa shape index (κ2) is 12.8. The number of carbonyl (C=O) groups excluding carboxylic acids is 2. The third-order valence-electron chi connectivity index (χ3n) is 8.44. The van der Waals surface area contributed by atoms with Gasteiger partial charge in [-0.25, -0.2) is 4.79 Å². The summed E-state index contributed by atoms with van der Waals surface area (Å²) >= 11 is 0. The van der Waals surface area contributed by atoms with E-state index >= 15 is 0 Å². The van der Waals surface area contributed by atoms with Crippen LogP contribution in [0.4, 0.5) is 23.7 Å². The predicted molar refractivity (Wildman–Crippen MR) is 159 cm³/mol. The predicted octanol–water partition coefficient (Wildman–Crippen LogP) is 6.17. The van der Waals surface area contributed by atoms with Crippen molar-refractivity contribution in [1.29, 1.82) is 0 Å². The highest BCUT2D eigenvalue weighted by molar-refractivity contribution is 5.81. The van der Waals surface area contributed by atoms with Crippen LogP contribution in [0.3, 0.4) is 0 Å². The molecule has 0 spiro atoms. The maximum absolute atomic E-state index is 13.8. The van der Waals surface area contributed by atoms with Gasteiger partial charge in [-0.2, -0.15) is 13.2 Å². The minimum Gasteiger partial charge on any atom is -0.444 e. The Balaban J connectivity index is 1.28. The van der Waals surface area contributed by atoms with Crippen LogP contribution in [-0.4, -0.2) is 71.6 Å². The molecule has 1 N–H and O–H groups in total. The first-order valence-corrected chi connectivity index (χ1v) is 15.3. The summed E-state index contributed by atoms with van der Waals surface area (Å²) in [7, 11) is 0. The molecule has 1 atom stereocenters. The molecule has 2 fully saturated rings. The van der Waals surface area contributed by atoms with Crippen LogP contribution in [-0.2, 0) is 35.2 Å². The quantitative estimate of drug-likeness (QED) is 0.373. The van der Waals surface area contributed by atoms with Gasteiger partial charge in [0.15, 0.2) is 0 Å². The van der Waals surface area contributed by atoms with E-state index in [1.165, 1.54) is 41.0 Å². The number of nitrogens with zero attached hydrogens (tertiary/aromatic N) is 3. The Hall–Kier alpha value is -3.27. The van der Waals surface area contributed by atoms with Crippen LogP contribution in [0.5, 0.6) is 0 Å². The van der Waals surface area contributed by atoms with E-state index in [0.29, 0.717) is 19.5 Å². The van der Waals surface area contributed by atoms with E-state index in [2.05, 4.69) is 16.3 Å². The van der Waals surface area contributed by atoms with Gasteiger partial charge >= 0.3 is 12.3 Å². The smallest absolute Gasteiger partial charge is 0.416 e. The third kappa shape index (κ3) is 8.43. The number of anilines is 1. The number of likely N-dealkylation sites (tertiary alicyclic amines) is 1. The Labute approximate surface area is 252 Å². The maximum Gasteiger partial charge on any atom is 0.416 e. The Kier molecular flexibility index (Phi) is 9.25. The number of carbonyl (C=O) groups is 2. The molecule has 234 valence electrons. The van der Waals surface area contributed by atoms with Crippen molar-refractivity contribution < 1.29 is 27.5 Å². The van der Waals surface area contributed by atoms with Crippen molar-refractivity contribution in [2.45, 2.75) is 71.3 Å². The summed E-state index contributed by atoms with van der Waals surface area (Å²) in [5.74, 6) is 0.470. The summed E-state index contributed by atoms with van der Waals surface area (Å²) in [4.78, 5) is 31.9. The zero-order valence-corrected chi connectivity index (χ0v) is 25.4. The van der Waals surface area contributed by atoms with Gasteiger partial charge in [0.05, 0.1) is 12.1 Å². The highest BCUT2D eigenvalue weighted by Crippen LogP contribution is 2.34. The summed E-state index contributed by atoms with van der Waals surface area (Å²) in [6, 6.07) is 11.5. The van der Waals surface area contributed by atoms with Gasteiger partial charge in [-0.3, -0.25) is 9.69 Å². The first kappa shape index (κ1) is 31.2. The summed E-state index contributed by atoms with van der Waals surface area (Å²) in [5, 5.41) is 3.31. The lowest BCUT2D eigenvalue weighted by atomic mass is 9.97. The fourth-order valence-electron chi connectivity index (χ4n) is 6.12. The Morgan fingerprint density at radius 1 is 1.00 bits per heavy atom. The molecule has 0 radical (unpaired) electrons. The van der Waals surface area contributed by atoms with Gasteiger partial charge in [0.25, 0.3) is 0 Å². The second-order valence-electron chi connectivity index (χ2n) is 13.2. The maximum atomic E-state index is 13.8. The Bertz CT molecular complexity index is 1310. The molecule has 43 heavy (non-hydrogen) atoms. The number of amides is 2. The standard InChI is InChI=1S/C33H43F3N4O3/c1-32(2,3)43-31(42)39-16-13-24(19-39)20-40(22-26-7-4-5-9-28(26)33(34,35)36)30(41)17-37-29-10-6-8-25-21-38(15-14-27(25)29)18-23-11-12-23/h4-10,23-24,37H,11-22H2,1-3H3. The summed E-state index contributed by atoms with van der Waals surface area (Å²) in [6.45, 7) is 9.34. The molecule has 2 heterocycles. The lowest BCUT2D eigenvalue weighted by Crippen LogP contribution is -2.40. The van der Waals surface area contributed by atoms with Gasteiger partial charge in [-0.15, -0.1) is 0 Å². The number of nitrogens with one attached hydrogen (secondary N) is 1. The largest absolute Gasteiger partial charge is 0.444 e. The molecule has 3 aliphatic rings. The molecule has 0 bridgehead atoms. The molecule has 2 amide bonds. The zero-order valence-electron chi connectivity index (χ0n) is 25.4. The topological polar surface area (TPSA) is 65.1 Å². The molecule has 5 rings (SSSR count). The van der Waals surface area contributed by atoms with E-state index in [9.17, 15) is 22.8 Å². The van der Waals surface area contributed by atoms with Gasteiger partial charge in [0, 0.05) is 51.5 Å². The van der Waals surface area contributed by atoms with Crippen LogP contribution in [0.1, 0.15) is 62.3 Å². The SMILES string of the molecule is CC(C)(C)OC(=O)N1CCC(CN(Cc2ccccc2C(F)(F)F)C(=O)CNc2cccc3c2CCN(CC2CC2)C3)C1. The molecule has 1 unspecified atom stereocenters. The van der Waals surface area contributed by atoms with Crippen molar-refractivity contribution in [1.82, 2.24) is 14.7 Å². The average Bonchev–Trinajstić information content (AvgIpc) is 3.63. The van der Waals surface area contributed by atoms with Gasteiger partial charge < -0.3 is 19.9 Å². The molecule has 0 aromatic heterocycles. The van der Waals surface area contributed by atoms with Crippen LogP contribution in [0, 0.1) is 11.8 Å². The van der Waals surface area contributed by atoms with Crippen molar-refractivity contribution in [3.63, 3.8) is 0 Å². The minimum atomic E-state index is -4.53. The van der Waals surface area contributed by atoms with Crippen molar-refractivity contribution >= 4 is 17.7 Å². The van der Waals surface area contributed by atoms with Gasteiger partial charge in [-0.05, 0) is 87.1 Å². The number of halogens is 3. The van der Waals surface area contributed by atoms with Crippen molar-refractivity contribution in [3.8, 4) is 0 Å². The summed E-state index contributed by atoms with van der Waals surface area (Å²) in [6.07, 6.45) is -0.776. The molecule has 2 aliphatic heterocycles. The molecule has 7 nitrogen and oxygen atoms in total. The number of fused-ring (bicyclic) bond motifs is 1. The number of hydrogen-bond donors (Lipinski definition) is 1. The summed E-state index contributed by atoms with van der Waals surface area (Å²) in [5.41, 5.74) is 2.06. The number of benzene rings is 2. The molecule has 1 saturated heterocycles. The second-order valence-corrected chi connectivity index (χ2v) is 13.2. The third-order valence-corrected chi connectivity index (χ3v) is 8.44. The average molecular weight is 601 g/mol. The van der Waals surface area contributed by atoms with Crippen LogP contribution >= 0.6 is 0 Å². The molecular weight excluding hydrogens is 557 g/mol. The fraction of sp³-hybridized carbons (Fsp3) is 0.576. The molecular formula is C33H43F3N4O3. The van der Waals surface area contributed by atoms with Crippen molar-refractivity contribution in [2.75, 3.05) is 44.6 Å². The molecule has 2 aromatic rings. The van der Waals surface area contributed by atoms with Gasteiger partial charge in [-0.1, -0.05) is 30.3 Å². The number of rotatable bonds is 9. The first-order chi connectivity index (χ1) is 20.4. The monoisotopic (exact) mass is 600 g/mol. The number of alkyl halides is 3. The minimum absolute atomic E-state index is 0.0288. The van der Waals surface area contributed by atoms with Crippen LogP contribution in [0.25, 0.3) is 0 Å². The number of hydrogen-bond acceptors (Lipinski definition) is 5. The highest BCUT2D eigenvalue weighted by atomic mass is 19.4. The summed E-state index contributed by atoms with van der Waals surface area (Å²) < 4.78 is 47.0. The van der Waals surface area contributed by atoms with E-state index in [0.717, 1.165) is 43.7 Å². The molecule has 1 aliphatic carbocycles. The fourth-order valence-corrected chi connectivity index (χ4v) is 6.12. The van der Waals surface area contributed by atoms with E-state index in [-0.39, 0.29) is 37.0 Å². The highest BCUT2D eigenvalue weighted by Gasteiger charge is 2.35. The van der Waals surface area contributed by atoms with Gasteiger partial charge in [0.1, 0.15) is 5.60 Å². The van der Waals surface area contributed by atoms with Crippen LogP contribution in [0.15, 0.2) is 42.5 Å². The Morgan fingerprint density at radius 3 is 2.49 bits per heavy atom. The zero-order chi connectivity index (χ0) is 30.8. The lowest BCUT2D eigenvalue weighted by Gasteiger charge is -2.31. The number of ether oxygens (including phenoxy) is 1. The normalized spacial score (nSPS) is 19.2. The van der Waals surface area contributed by atoms with Crippen molar-refractivity contribution in [2.24, 2.45) is 11.8 Å². The van der Waals surface area contributed by atoms with Crippen molar-refractivity contribution in [3.05, 3.63) is 64.7 Å². The van der Waals surface area contributed by atoms with E-state index in [4.69, 9.17) is 4.74 Å². The van der Waals surface area contributed by atoms with Crippen LogP contribution < -0.4 is 5.32 Å². The van der Waals surface area contributed by atoms with Crippen LogP contribution in [0.2, 0.25) is 0 Å². The van der Waals surface area contributed by atoms with E-state index in [1.54, 1.807) is 31.7 Å².